The first kappa shape index (κ1) is 19.9. The van der Waals surface area contributed by atoms with Crippen LogP contribution >= 0.6 is 0 Å². The van der Waals surface area contributed by atoms with Crippen LogP contribution in [-0.4, -0.2) is 34.9 Å². The number of benzene rings is 2. The summed E-state index contributed by atoms with van der Waals surface area (Å²) in [6.45, 7) is 3.91. The van der Waals surface area contributed by atoms with Gasteiger partial charge in [0.25, 0.3) is 5.91 Å². The van der Waals surface area contributed by atoms with Crippen LogP contribution in [0.2, 0.25) is 0 Å². The molecule has 0 saturated carbocycles. The summed E-state index contributed by atoms with van der Waals surface area (Å²) < 4.78 is 6.76. The van der Waals surface area contributed by atoms with Crippen molar-refractivity contribution in [3.8, 4) is 11.4 Å². The number of aromatic hydroxyl groups is 1. The first-order valence-electron chi connectivity index (χ1n) is 8.91. The molecule has 0 bridgehead atoms. The molecule has 0 atom stereocenters. The summed E-state index contributed by atoms with van der Waals surface area (Å²) in [5, 5.41) is 13.3. The number of amides is 1. The number of nitrogens with one attached hydrogen (secondary N) is 1. The highest BCUT2D eigenvalue weighted by atomic mass is 16.5. The summed E-state index contributed by atoms with van der Waals surface area (Å²) in [6, 6.07) is 15.0. The van der Waals surface area contributed by atoms with Gasteiger partial charge in [0.1, 0.15) is 5.75 Å². The predicted molar refractivity (Wildman–Crippen MR) is 110 cm³/mol. The van der Waals surface area contributed by atoms with Gasteiger partial charge in [0, 0.05) is 28.2 Å². The van der Waals surface area contributed by atoms with Crippen LogP contribution in [0.4, 0.5) is 0 Å². The second-order valence-electron chi connectivity index (χ2n) is 6.45. The van der Waals surface area contributed by atoms with Gasteiger partial charge in [-0.2, -0.15) is 5.10 Å². The minimum absolute atomic E-state index is 0.0945. The Labute approximate surface area is 168 Å². The van der Waals surface area contributed by atoms with Gasteiger partial charge in [0.05, 0.1) is 18.9 Å². The molecule has 3 rings (SSSR count). The molecule has 0 aliphatic rings. The molecule has 0 unspecified atom stereocenters. The van der Waals surface area contributed by atoms with Crippen molar-refractivity contribution in [1.29, 1.82) is 0 Å². The van der Waals surface area contributed by atoms with Crippen molar-refractivity contribution in [3.05, 3.63) is 82.7 Å². The van der Waals surface area contributed by atoms with E-state index in [0.29, 0.717) is 11.1 Å². The average molecular weight is 391 g/mol. The molecule has 1 heterocycles. The Morgan fingerprint density at radius 2 is 1.66 bits per heavy atom. The lowest BCUT2D eigenvalue weighted by Gasteiger charge is -2.10. The van der Waals surface area contributed by atoms with E-state index in [-0.39, 0.29) is 17.6 Å². The fraction of sp³-hybridized carbons (Fsp3) is 0.136. The normalized spacial score (nSPS) is 10.9. The van der Waals surface area contributed by atoms with E-state index < -0.39 is 0 Å². The highest BCUT2D eigenvalue weighted by molar-refractivity contribution is 5.95. The third-order valence-corrected chi connectivity index (χ3v) is 4.52. The summed E-state index contributed by atoms with van der Waals surface area (Å²) in [5.41, 5.74) is 7.04. The molecular weight excluding hydrogens is 370 g/mol. The lowest BCUT2D eigenvalue weighted by Crippen LogP contribution is -2.17. The van der Waals surface area contributed by atoms with E-state index in [2.05, 4.69) is 10.5 Å². The number of hydrazone groups is 1. The Morgan fingerprint density at radius 1 is 1.03 bits per heavy atom. The Bertz CT molecular complexity index is 1060. The Balaban J connectivity index is 1.77. The van der Waals surface area contributed by atoms with Crippen molar-refractivity contribution in [2.75, 3.05) is 7.11 Å². The van der Waals surface area contributed by atoms with E-state index in [0.717, 1.165) is 22.6 Å². The fourth-order valence-electron chi connectivity index (χ4n) is 3.02. The number of phenolic OH excluding ortho intramolecular Hbond substituents is 1. The van der Waals surface area contributed by atoms with Crippen molar-refractivity contribution in [2.24, 2.45) is 5.10 Å². The maximum Gasteiger partial charge on any atom is 0.337 e. The second kappa shape index (κ2) is 8.43. The molecule has 3 aromatic rings. The van der Waals surface area contributed by atoms with Gasteiger partial charge in [-0.3, -0.25) is 4.79 Å². The number of carbonyl (C=O) groups is 2. The maximum absolute atomic E-state index is 12.1. The van der Waals surface area contributed by atoms with Crippen LogP contribution in [-0.2, 0) is 4.74 Å². The van der Waals surface area contributed by atoms with Gasteiger partial charge in [-0.05, 0) is 68.4 Å². The number of esters is 1. The zero-order chi connectivity index (χ0) is 21.0. The molecule has 0 aliphatic carbocycles. The zero-order valence-electron chi connectivity index (χ0n) is 16.3. The van der Waals surface area contributed by atoms with Gasteiger partial charge >= 0.3 is 5.97 Å². The van der Waals surface area contributed by atoms with E-state index in [9.17, 15) is 14.7 Å². The molecule has 1 aromatic heterocycles. The number of aryl methyl sites for hydroxylation is 1. The third-order valence-electron chi connectivity index (χ3n) is 4.52. The Kier molecular flexibility index (Phi) is 5.78. The molecule has 0 aliphatic heterocycles. The summed E-state index contributed by atoms with van der Waals surface area (Å²) >= 11 is 0. The van der Waals surface area contributed by atoms with Crippen LogP contribution in [0.1, 0.15) is 37.7 Å². The number of carbonyl (C=O) groups excluding carboxylic acids is 2. The number of hydrogen-bond donors (Lipinski definition) is 2. The van der Waals surface area contributed by atoms with Gasteiger partial charge in [-0.1, -0.05) is 0 Å². The van der Waals surface area contributed by atoms with Gasteiger partial charge in [0.15, 0.2) is 0 Å². The Morgan fingerprint density at radius 3 is 2.28 bits per heavy atom. The van der Waals surface area contributed by atoms with Crippen LogP contribution in [0, 0.1) is 13.8 Å². The largest absolute Gasteiger partial charge is 0.508 e. The van der Waals surface area contributed by atoms with Gasteiger partial charge in [0.2, 0.25) is 0 Å². The number of aromatic nitrogens is 1. The van der Waals surface area contributed by atoms with Gasteiger partial charge in [-0.15, -0.1) is 0 Å². The highest BCUT2D eigenvalue weighted by Gasteiger charge is 2.11. The molecule has 0 fully saturated rings. The third kappa shape index (κ3) is 4.35. The summed E-state index contributed by atoms with van der Waals surface area (Å²) in [5.74, 6) is -0.653. The second-order valence-corrected chi connectivity index (χ2v) is 6.45. The molecule has 148 valence electrons. The van der Waals surface area contributed by atoms with E-state index in [1.165, 1.54) is 31.4 Å². The standard InChI is InChI=1S/C22H21N3O4/c1-14-12-18(13-23-24-21(27)16-6-10-20(26)11-7-16)15(2)25(14)19-8-4-17(5-9-19)22(28)29-3/h4-13,26H,1-3H3,(H,24,27)/b23-13+. The minimum atomic E-state index is -0.380. The van der Waals surface area contributed by atoms with Crippen LogP contribution in [0.5, 0.6) is 5.75 Å². The van der Waals surface area contributed by atoms with Crippen LogP contribution < -0.4 is 5.43 Å². The number of hydrogen-bond acceptors (Lipinski definition) is 5. The first-order valence-corrected chi connectivity index (χ1v) is 8.91. The van der Waals surface area contributed by atoms with Crippen LogP contribution in [0.15, 0.2) is 59.7 Å². The van der Waals surface area contributed by atoms with Crippen molar-refractivity contribution >= 4 is 18.1 Å². The van der Waals surface area contributed by atoms with E-state index in [4.69, 9.17) is 4.74 Å². The topological polar surface area (TPSA) is 92.9 Å². The van der Waals surface area contributed by atoms with Crippen molar-refractivity contribution in [3.63, 3.8) is 0 Å². The minimum Gasteiger partial charge on any atom is -0.508 e. The van der Waals surface area contributed by atoms with E-state index in [1.807, 2.05) is 36.6 Å². The SMILES string of the molecule is COC(=O)c1ccc(-n2c(C)cc(/C=N/NC(=O)c3ccc(O)cc3)c2C)cc1. The zero-order valence-corrected chi connectivity index (χ0v) is 16.3. The molecule has 7 heteroatoms. The van der Waals surface area contributed by atoms with Crippen molar-refractivity contribution in [2.45, 2.75) is 13.8 Å². The molecule has 7 nitrogen and oxygen atoms in total. The maximum atomic E-state index is 12.1. The number of ether oxygens (including phenoxy) is 1. The van der Waals surface area contributed by atoms with Gasteiger partial charge < -0.3 is 14.4 Å². The van der Waals surface area contributed by atoms with Crippen LogP contribution in [0.25, 0.3) is 5.69 Å². The summed E-state index contributed by atoms with van der Waals surface area (Å²) in [6.07, 6.45) is 1.58. The Hall–Kier alpha value is -3.87. The fourth-order valence-corrected chi connectivity index (χ4v) is 3.02. The number of phenols is 1. The highest BCUT2D eigenvalue weighted by Crippen LogP contribution is 2.20. The smallest absolute Gasteiger partial charge is 0.337 e. The van der Waals surface area contributed by atoms with Gasteiger partial charge in [-0.25, -0.2) is 10.2 Å². The number of methoxy groups -OCH3 is 1. The first-order chi connectivity index (χ1) is 13.9. The van der Waals surface area contributed by atoms with Crippen molar-refractivity contribution < 1.29 is 19.4 Å². The molecule has 2 N–H and O–H groups in total. The lowest BCUT2D eigenvalue weighted by atomic mass is 10.2. The molecule has 0 saturated heterocycles. The van der Waals surface area contributed by atoms with E-state index >= 15 is 0 Å². The molecule has 2 aromatic carbocycles. The lowest BCUT2D eigenvalue weighted by molar-refractivity contribution is 0.0600. The quantitative estimate of drug-likeness (QED) is 0.396. The van der Waals surface area contributed by atoms with Crippen LogP contribution in [0.3, 0.4) is 0 Å². The summed E-state index contributed by atoms with van der Waals surface area (Å²) in [7, 11) is 1.35. The number of nitrogens with zero attached hydrogens (tertiary/aromatic N) is 2. The van der Waals surface area contributed by atoms with Crippen molar-refractivity contribution in [1.82, 2.24) is 9.99 Å². The number of rotatable bonds is 5. The molecule has 1 amide bonds. The molecular formula is C22H21N3O4. The summed E-state index contributed by atoms with van der Waals surface area (Å²) in [4.78, 5) is 23.7. The van der Waals surface area contributed by atoms with E-state index in [1.54, 1.807) is 18.3 Å². The predicted octanol–water partition coefficient (Wildman–Crippen LogP) is 3.35. The average Bonchev–Trinajstić information content (AvgIpc) is 3.01. The monoisotopic (exact) mass is 391 g/mol. The molecule has 0 radical (unpaired) electrons. The molecule has 0 spiro atoms. The molecule has 29 heavy (non-hydrogen) atoms.